The Labute approximate surface area is 154 Å². The number of carboxylic acid groups (broad SMARTS) is 1. The molecule has 0 saturated heterocycles. The van der Waals surface area contributed by atoms with Crippen LogP contribution in [0.25, 0.3) is 0 Å². The van der Waals surface area contributed by atoms with Gasteiger partial charge in [-0.1, -0.05) is 15.9 Å². The summed E-state index contributed by atoms with van der Waals surface area (Å²) in [5.74, 6) is -0.675. The Balaban J connectivity index is 3.49. The molecular formula is C16H20BrNO7. The summed E-state index contributed by atoms with van der Waals surface area (Å²) in [7, 11) is 4.41. The van der Waals surface area contributed by atoms with E-state index in [-0.39, 0.29) is 54.8 Å². The predicted molar refractivity (Wildman–Crippen MR) is 91.8 cm³/mol. The number of methoxy groups -OCH3 is 3. The second-order valence-electron chi connectivity index (χ2n) is 4.70. The molecule has 0 heterocycles. The second-order valence-corrected chi connectivity index (χ2v) is 5.61. The normalized spacial score (nSPS) is 11.5. The van der Waals surface area contributed by atoms with Gasteiger partial charge in [0.15, 0.2) is 11.5 Å². The van der Waals surface area contributed by atoms with Crippen molar-refractivity contribution in [3.05, 3.63) is 17.2 Å². The van der Waals surface area contributed by atoms with Gasteiger partial charge in [-0.15, -0.1) is 0 Å². The van der Waals surface area contributed by atoms with Crippen molar-refractivity contribution in [2.45, 2.75) is 4.83 Å². The van der Waals surface area contributed by atoms with Gasteiger partial charge in [0.25, 0.3) is 0 Å². The van der Waals surface area contributed by atoms with Crippen LogP contribution in [0.1, 0.15) is 16.0 Å². The summed E-state index contributed by atoms with van der Waals surface area (Å²) in [6.45, 7) is 0.871. The van der Waals surface area contributed by atoms with E-state index in [2.05, 4.69) is 15.9 Å². The fourth-order valence-electron chi connectivity index (χ4n) is 1.96. The minimum absolute atomic E-state index is 0.107. The lowest BCUT2D eigenvalue weighted by Crippen LogP contribution is -2.14. The Kier molecular flexibility index (Phi) is 9.05. The van der Waals surface area contributed by atoms with E-state index in [1.54, 1.807) is 0 Å². The summed E-state index contributed by atoms with van der Waals surface area (Å²) in [6, 6.07) is 3.45. The zero-order valence-electron chi connectivity index (χ0n) is 14.2. The van der Waals surface area contributed by atoms with Gasteiger partial charge in [-0.3, -0.25) is 4.79 Å². The number of aliphatic carboxylic acids is 1. The molecule has 1 aromatic rings. The standard InChI is InChI=1S/C16H20BrNO7/c1-21-4-6-24-14-10(13(17)16(19)20)8-12(23-3)11(9-18)15(14)25-7-5-22-2/h8,13H,4-7H2,1-3H3,(H,19,20). The van der Waals surface area contributed by atoms with E-state index in [0.717, 1.165) is 0 Å². The van der Waals surface area contributed by atoms with Crippen LogP contribution in [0.2, 0.25) is 0 Å². The maximum atomic E-state index is 11.4. The molecule has 138 valence electrons. The molecule has 1 aromatic carbocycles. The smallest absolute Gasteiger partial charge is 0.321 e. The number of benzene rings is 1. The van der Waals surface area contributed by atoms with Crippen molar-refractivity contribution in [2.24, 2.45) is 0 Å². The van der Waals surface area contributed by atoms with E-state index >= 15 is 0 Å². The highest BCUT2D eigenvalue weighted by Gasteiger charge is 2.28. The average Bonchev–Trinajstić information content (AvgIpc) is 2.61. The van der Waals surface area contributed by atoms with Crippen LogP contribution in [0.5, 0.6) is 17.2 Å². The summed E-state index contributed by atoms with van der Waals surface area (Å²) >= 11 is 3.11. The molecule has 1 atom stereocenters. The molecule has 0 fully saturated rings. The molecule has 0 saturated carbocycles. The van der Waals surface area contributed by atoms with Crippen LogP contribution in [0, 0.1) is 11.3 Å². The minimum Gasteiger partial charge on any atom is -0.495 e. The first-order valence-electron chi connectivity index (χ1n) is 7.27. The van der Waals surface area contributed by atoms with Crippen LogP contribution < -0.4 is 14.2 Å². The number of halogens is 1. The number of rotatable bonds is 11. The van der Waals surface area contributed by atoms with Gasteiger partial charge >= 0.3 is 5.97 Å². The maximum Gasteiger partial charge on any atom is 0.321 e. The predicted octanol–water partition coefficient (Wildman–Crippen LogP) is 2.14. The molecule has 1 rings (SSSR count). The molecule has 0 radical (unpaired) electrons. The van der Waals surface area contributed by atoms with Crippen molar-refractivity contribution in [1.82, 2.24) is 0 Å². The lowest BCUT2D eigenvalue weighted by atomic mass is 10.0. The van der Waals surface area contributed by atoms with Gasteiger partial charge in [0.2, 0.25) is 0 Å². The summed E-state index contributed by atoms with van der Waals surface area (Å²) in [5.41, 5.74) is 0.381. The Morgan fingerprint density at radius 3 is 2.16 bits per heavy atom. The average molecular weight is 418 g/mol. The molecule has 0 aliphatic rings. The maximum absolute atomic E-state index is 11.4. The van der Waals surface area contributed by atoms with Crippen molar-refractivity contribution >= 4 is 21.9 Å². The molecule has 0 aliphatic carbocycles. The summed E-state index contributed by atoms with van der Waals surface area (Å²) in [6.07, 6.45) is 0. The van der Waals surface area contributed by atoms with Crippen LogP contribution in [-0.4, -0.2) is 58.8 Å². The van der Waals surface area contributed by atoms with Crippen molar-refractivity contribution in [3.8, 4) is 23.3 Å². The SMILES string of the molecule is COCCOc1c(C(Br)C(=O)O)cc(OC)c(C#N)c1OCCOC. The monoisotopic (exact) mass is 417 g/mol. The molecule has 8 nitrogen and oxygen atoms in total. The molecule has 0 aromatic heterocycles. The number of carbonyl (C=O) groups is 1. The lowest BCUT2D eigenvalue weighted by molar-refractivity contribution is -0.136. The fraction of sp³-hybridized carbons (Fsp3) is 0.500. The number of carboxylic acids is 1. The Morgan fingerprint density at radius 2 is 1.72 bits per heavy atom. The first-order valence-corrected chi connectivity index (χ1v) is 8.18. The van der Waals surface area contributed by atoms with E-state index in [1.807, 2.05) is 6.07 Å². The molecule has 9 heteroatoms. The molecule has 25 heavy (non-hydrogen) atoms. The van der Waals surface area contributed by atoms with E-state index in [0.29, 0.717) is 0 Å². The van der Waals surface area contributed by atoms with Gasteiger partial charge in [-0.25, -0.2) is 0 Å². The van der Waals surface area contributed by atoms with Gasteiger partial charge in [-0.2, -0.15) is 5.26 Å². The van der Waals surface area contributed by atoms with Gasteiger partial charge in [0.05, 0.1) is 20.3 Å². The number of alkyl halides is 1. The quantitative estimate of drug-likeness (QED) is 0.430. The van der Waals surface area contributed by atoms with Crippen LogP contribution in [0.15, 0.2) is 6.07 Å². The summed E-state index contributed by atoms with van der Waals surface area (Å²) < 4.78 is 26.4. The van der Waals surface area contributed by atoms with Crippen LogP contribution in [-0.2, 0) is 14.3 Å². The highest BCUT2D eigenvalue weighted by molar-refractivity contribution is 9.09. The van der Waals surface area contributed by atoms with Crippen LogP contribution in [0.3, 0.4) is 0 Å². The van der Waals surface area contributed by atoms with E-state index in [4.69, 9.17) is 23.7 Å². The van der Waals surface area contributed by atoms with Crippen molar-refractivity contribution in [3.63, 3.8) is 0 Å². The Bertz CT molecular complexity index is 630. The molecule has 0 amide bonds. The summed E-state index contributed by atoms with van der Waals surface area (Å²) in [4.78, 5) is 10.3. The van der Waals surface area contributed by atoms with Gasteiger partial charge in [0.1, 0.15) is 35.4 Å². The molecule has 1 N–H and O–H groups in total. The van der Waals surface area contributed by atoms with Gasteiger partial charge in [0, 0.05) is 19.8 Å². The zero-order chi connectivity index (χ0) is 18.8. The Morgan fingerprint density at radius 1 is 1.16 bits per heavy atom. The van der Waals surface area contributed by atoms with Crippen LogP contribution >= 0.6 is 15.9 Å². The van der Waals surface area contributed by atoms with E-state index < -0.39 is 10.8 Å². The van der Waals surface area contributed by atoms with E-state index in [1.165, 1.54) is 27.4 Å². The third-order valence-corrected chi connectivity index (χ3v) is 4.00. The number of hydrogen-bond acceptors (Lipinski definition) is 7. The van der Waals surface area contributed by atoms with Gasteiger partial charge < -0.3 is 28.8 Å². The van der Waals surface area contributed by atoms with Crippen molar-refractivity contribution < 1.29 is 33.6 Å². The van der Waals surface area contributed by atoms with Crippen molar-refractivity contribution in [2.75, 3.05) is 47.8 Å². The number of nitrogens with zero attached hydrogens (tertiary/aromatic N) is 1. The first-order chi connectivity index (χ1) is 12.0. The number of nitriles is 1. The van der Waals surface area contributed by atoms with Crippen molar-refractivity contribution in [1.29, 1.82) is 5.26 Å². The fourth-order valence-corrected chi connectivity index (χ4v) is 2.30. The number of hydrogen-bond donors (Lipinski definition) is 1. The largest absolute Gasteiger partial charge is 0.495 e. The second kappa shape index (κ2) is 10.8. The zero-order valence-corrected chi connectivity index (χ0v) is 15.8. The molecule has 0 spiro atoms. The first kappa shape index (κ1) is 21.0. The molecule has 0 bridgehead atoms. The topological polar surface area (TPSA) is 107 Å². The third-order valence-electron chi connectivity index (χ3n) is 3.12. The molecule has 0 aliphatic heterocycles. The third kappa shape index (κ3) is 5.49. The highest BCUT2D eigenvalue weighted by Crippen LogP contribution is 2.45. The lowest BCUT2D eigenvalue weighted by Gasteiger charge is -2.20. The Hall–Kier alpha value is -2.02. The number of ether oxygens (including phenoxy) is 5. The van der Waals surface area contributed by atoms with E-state index in [9.17, 15) is 15.2 Å². The van der Waals surface area contributed by atoms with Crippen LogP contribution in [0.4, 0.5) is 0 Å². The van der Waals surface area contributed by atoms with Gasteiger partial charge in [-0.05, 0) is 6.07 Å². The summed E-state index contributed by atoms with van der Waals surface area (Å²) in [5, 5.41) is 18.8. The highest BCUT2D eigenvalue weighted by atomic mass is 79.9. The molecular weight excluding hydrogens is 398 g/mol. The molecule has 1 unspecified atom stereocenters. The minimum atomic E-state index is -1.12.